The fourth-order valence-corrected chi connectivity index (χ4v) is 12.7. The third-order valence-electron chi connectivity index (χ3n) is 5.65. The van der Waals surface area contributed by atoms with Crippen molar-refractivity contribution in [3.63, 3.8) is 0 Å². The summed E-state index contributed by atoms with van der Waals surface area (Å²) in [6.45, 7) is 0. The van der Waals surface area contributed by atoms with Gasteiger partial charge in [0.1, 0.15) is 0 Å². The second kappa shape index (κ2) is 26.0. The van der Waals surface area contributed by atoms with Gasteiger partial charge in [-0.2, -0.15) is 0 Å². The zero-order valence-electron chi connectivity index (χ0n) is 21.3. The third-order valence-corrected chi connectivity index (χ3v) is 14.7. The Morgan fingerprint density at radius 1 is 0.514 bits per heavy atom. The molecule has 0 aromatic heterocycles. The molecule has 0 aromatic rings. The van der Waals surface area contributed by atoms with Gasteiger partial charge in [-0.05, 0) is 77.0 Å². The van der Waals surface area contributed by atoms with Gasteiger partial charge in [0.2, 0.25) is 0 Å². The fraction of sp³-hybridized carbons (Fsp3) is 0.875. The first-order chi connectivity index (χ1) is 17.4. The summed E-state index contributed by atoms with van der Waals surface area (Å²) in [4.78, 5) is 30.2. The molecule has 3 aliphatic heterocycles. The molecule has 0 saturated carbocycles. The van der Waals surface area contributed by atoms with Crippen LogP contribution in [0.25, 0.3) is 0 Å². The van der Waals surface area contributed by atoms with E-state index in [1.54, 1.807) is 0 Å². The van der Waals surface area contributed by atoms with E-state index >= 15 is 0 Å². The Morgan fingerprint density at radius 3 is 0.973 bits per heavy atom. The molecule has 6 nitrogen and oxygen atoms in total. The molecule has 0 spiro atoms. The van der Waals surface area contributed by atoms with E-state index in [1.165, 1.54) is 55.8 Å². The van der Waals surface area contributed by atoms with Crippen LogP contribution in [0, 0.1) is 0 Å². The van der Waals surface area contributed by atoms with Crippen LogP contribution in [0.15, 0.2) is 0 Å². The number of aliphatic carboxylic acids is 3. The maximum absolute atomic E-state index is 10.1. The van der Waals surface area contributed by atoms with Crippen LogP contribution in [-0.2, 0) is 31.7 Å². The van der Waals surface area contributed by atoms with E-state index in [2.05, 4.69) is 0 Å². The second-order valence-electron chi connectivity index (χ2n) is 8.84. The number of hydrogen-bond donors (Lipinski definition) is 0. The summed E-state index contributed by atoms with van der Waals surface area (Å²) in [5, 5.41) is 32.5. The van der Waals surface area contributed by atoms with Crippen molar-refractivity contribution in [2.45, 2.75) is 112 Å². The van der Waals surface area contributed by atoms with Gasteiger partial charge in [0.05, 0.1) is 0 Å². The molecule has 213 valence electrons. The molecule has 0 aliphatic carbocycles. The summed E-state index contributed by atoms with van der Waals surface area (Å²) in [6, 6.07) is 0. The van der Waals surface area contributed by atoms with Crippen LogP contribution in [0.2, 0.25) is 0 Å². The van der Waals surface area contributed by atoms with Crippen molar-refractivity contribution >= 4 is 82.7 Å². The largest absolute Gasteiger partial charge is 3.00 e. The van der Waals surface area contributed by atoms with Gasteiger partial charge in [0.25, 0.3) is 0 Å². The molecule has 3 saturated heterocycles. The van der Waals surface area contributed by atoms with Crippen molar-refractivity contribution < 1.29 is 47.1 Å². The van der Waals surface area contributed by atoms with Crippen molar-refractivity contribution in [1.82, 2.24) is 0 Å². The predicted octanol–water partition coefficient (Wildman–Crippen LogP) is 4.35. The SMILES string of the molecule is O=C([O-])CCCC[C@@H]1CCSS1.O=C([O-])CCCC[C@@H]1CCSS1.O=C([O-])CCCC[C@@H]1CCSS1.[Cr+3]. The minimum Gasteiger partial charge on any atom is -0.550 e. The molecule has 0 bridgehead atoms. The number of carboxylic acid groups (broad SMARTS) is 3. The molecule has 3 atom stereocenters. The van der Waals surface area contributed by atoms with Crippen LogP contribution < -0.4 is 15.3 Å². The van der Waals surface area contributed by atoms with Gasteiger partial charge in [-0.3, -0.25) is 0 Å². The Bertz CT molecular complexity index is 519. The number of carboxylic acids is 3. The first-order valence-electron chi connectivity index (χ1n) is 12.8. The van der Waals surface area contributed by atoms with E-state index < -0.39 is 17.9 Å². The Morgan fingerprint density at radius 2 is 0.784 bits per heavy atom. The number of carbonyl (C=O) groups excluding carboxylic acids is 3. The van der Waals surface area contributed by atoms with Crippen LogP contribution in [-0.4, -0.2) is 50.9 Å². The van der Waals surface area contributed by atoms with Crippen LogP contribution in [0.5, 0.6) is 0 Å². The Balaban J connectivity index is 0.000000518. The smallest absolute Gasteiger partial charge is 0.550 e. The van der Waals surface area contributed by atoms with Gasteiger partial charge in [0.15, 0.2) is 0 Å². The average molecular weight is 668 g/mol. The standard InChI is InChI=1S/3C8H14O2S2.Cr/c3*9-8(10)4-2-1-3-7-5-6-11-12-7;/h3*7H,1-6H2,(H,9,10);/q;;;+3/p-3/t3*7-;/m111./s1. The van der Waals surface area contributed by atoms with Crippen molar-refractivity contribution in [1.29, 1.82) is 0 Å². The van der Waals surface area contributed by atoms with Crippen LogP contribution in [0.1, 0.15) is 96.3 Å². The van der Waals surface area contributed by atoms with E-state index in [1.807, 2.05) is 64.8 Å². The Kier molecular flexibility index (Phi) is 26.7. The minimum absolute atomic E-state index is 0. The van der Waals surface area contributed by atoms with E-state index in [4.69, 9.17) is 0 Å². The molecule has 3 aliphatic rings. The molecule has 0 amide bonds. The van der Waals surface area contributed by atoms with Crippen molar-refractivity contribution in [2.24, 2.45) is 0 Å². The second-order valence-corrected chi connectivity index (χ2v) is 17.2. The molecular formula is C24H39CrO6S6. The quantitative estimate of drug-likeness (QED) is 0.182. The van der Waals surface area contributed by atoms with Gasteiger partial charge in [-0.25, -0.2) is 0 Å². The molecule has 37 heavy (non-hydrogen) atoms. The number of carbonyl (C=O) groups is 3. The topological polar surface area (TPSA) is 120 Å². The van der Waals surface area contributed by atoms with Gasteiger partial charge in [0, 0.05) is 50.9 Å². The predicted molar refractivity (Wildman–Crippen MR) is 156 cm³/mol. The molecule has 13 heteroatoms. The molecule has 3 rings (SSSR count). The van der Waals surface area contributed by atoms with Gasteiger partial charge >= 0.3 is 17.4 Å². The normalized spacial score (nSPS) is 22.2. The van der Waals surface area contributed by atoms with Gasteiger partial charge in [-0.15, -0.1) is 0 Å². The molecule has 3 fully saturated rings. The maximum Gasteiger partial charge on any atom is 3.00 e. The number of unbranched alkanes of at least 4 members (excludes halogenated alkanes) is 3. The molecule has 1 radical (unpaired) electrons. The van der Waals surface area contributed by atoms with E-state index in [9.17, 15) is 29.7 Å². The van der Waals surface area contributed by atoms with E-state index in [0.717, 1.165) is 54.3 Å². The minimum atomic E-state index is -0.913. The van der Waals surface area contributed by atoms with Gasteiger partial charge in [-0.1, -0.05) is 84.0 Å². The summed E-state index contributed by atoms with van der Waals surface area (Å²) in [5.74, 6) is 1.04. The molecular weight excluding hydrogens is 629 g/mol. The maximum atomic E-state index is 10.1. The summed E-state index contributed by atoms with van der Waals surface area (Å²) >= 11 is 0. The zero-order chi connectivity index (χ0) is 26.4. The number of rotatable bonds is 15. The Hall–Kier alpha value is 1.04. The molecule has 0 aromatic carbocycles. The monoisotopic (exact) mass is 667 g/mol. The summed E-state index contributed by atoms with van der Waals surface area (Å²) < 4.78 is 0. The zero-order valence-corrected chi connectivity index (χ0v) is 27.4. The average Bonchev–Trinajstić information content (AvgIpc) is 3.62. The van der Waals surface area contributed by atoms with E-state index in [0.29, 0.717) is 0 Å². The third kappa shape index (κ3) is 24.6. The van der Waals surface area contributed by atoms with Gasteiger partial charge < -0.3 is 29.7 Å². The number of hydrogen-bond acceptors (Lipinski definition) is 12. The van der Waals surface area contributed by atoms with Crippen molar-refractivity contribution in [3.05, 3.63) is 0 Å². The molecule has 3 heterocycles. The summed E-state index contributed by atoms with van der Waals surface area (Å²) in [7, 11) is 11.7. The summed E-state index contributed by atoms with van der Waals surface area (Å²) in [6.07, 6.45) is 13.5. The Labute approximate surface area is 257 Å². The summed E-state index contributed by atoms with van der Waals surface area (Å²) in [5.41, 5.74) is 0. The molecule has 0 N–H and O–H groups in total. The van der Waals surface area contributed by atoms with Crippen LogP contribution >= 0.6 is 64.8 Å². The van der Waals surface area contributed by atoms with E-state index in [-0.39, 0.29) is 36.6 Å². The van der Waals surface area contributed by atoms with Crippen molar-refractivity contribution in [2.75, 3.05) is 17.3 Å². The van der Waals surface area contributed by atoms with Crippen LogP contribution in [0.4, 0.5) is 0 Å². The first kappa shape index (κ1) is 38.0. The van der Waals surface area contributed by atoms with Crippen LogP contribution in [0.3, 0.4) is 0 Å². The first-order valence-corrected chi connectivity index (χ1v) is 20.0. The van der Waals surface area contributed by atoms with Crippen molar-refractivity contribution in [3.8, 4) is 0 Å². The fourth-order valence-electron chi connectivity index (χ4n) is 3.62. The molecule has 0 unspecified atom stereocenters.